The summed E-state index contributed by atoms with van der Waals surface area (Å²) in [6, 6.07) is -0.793. The molecule has 0 aliphatic carbocycles. The number of aliphatic hydroxyl groups is 1. The molecule has 71 heavy (non-hydrogen) atoms. The van der Waals surface area contributed by atoms with Gasteiger partial charge < -0.3 is 28.8 Å². The second-order valence-electron chi connectivity index (χ2n) is 23.5. The molecule has 0 spiro atoms. The summed E-state index contributed by atoms with van der Waals surface area (Å²) in [7, 11) is 1.32. The SMILES string of the molecule is CCCCCCCCCCCCCCCCCCCCCCCCCCCCCCCCCCCCCCCCCCCC(=O)NC(COP(=O)([O-])OCC[N+](C)(C)C)C(O)CCCCCCCCCC. The number of likely N-dealkylation sites (N-methyl/N-ethyl adjacent to an activating group) is 1. The van der Waals surface area contributed by atoms with Gasteiger partial charge in [-0.05, 0) is 12.8 Å². The Hall–Kier alpha value is -0.500. The molecule has 0 heterocycles. The van der Waals surface area contributed by atoms with Crippen molar-refractivity contribution in [2.75, 3.05) is 40.9 Å². The van der Waals surface area contributed by atoms with Crippen LogP contribution in [0.25, 0.3) is 0 Å². The Bertz CT molecular complexity index is 1120. The molecule has 9 heteroatoms. The zero-order chi connectivity index (χ0) is 52.0. The molecule has 0 aliphatic rings. The standard InChI is InChI=1S/C62H127N2O6P/c1-6-8-10-12-14-16-17-18-19-20-21-22-23-24-25-26-27-28-29-30-31-32-33-34-35-36-37-38-39-40-41-42-43-44-45-46-47-48-50-52-54-56-62(66)63-60(59-70-71(67,68)69-58-57-64(3,4)5)61(65)55-53-51-49-15-13-11-9-7-2/h60-61,65H,6-59H2,1-5H3,(H-,63,66,67,68). The quantitative estimate of drug-likeness (QED) is 0.0357. The first-order chi connectivity index (χ1) is 34.5. The number of unbranched alkanes of at least 4 members (excludes halogenated alkanes) is 47. The van der Waals surface area contributed by atoms with Crippen LogP contribution in [-0.2, 0) is 18.4 Å². The molecule has 426 valence electrons. The molecule has 0 bridgehead atoms. The van der Waals surface area contributed by atoms with Gasteiger partial charge in [-0.25, -0.2) is 0 Å². The average Bonchev–Trinajstić information content (AvgIpc) is 3.33. The topological polar surface area (TPSA) is 108 Å². The molecule has 1 amide bonds. The molecule has 0 saturated heterocycles. The summed E-state index contributed by atoms with van der Waals surface area (Å²) in [5.41, 5.74) is 0. The van der Waals surface area contributed by atoms with Crippen LogP contribution >= 0.6 is 7.82 Å². The van der Waals surface area contributed by atoms with Crippen molar-refractivity contribution in [3.63, 3.8) is 0 Å². The van der Waals surface area contributed by atoms with E-state index in [4.69, 9.17) is 9.05 Å². The summed E-state index contributed by atoms with van der Waals surface area (Å²) in [5, 5.41) is 13.9. The van der Waals surface area contributed by atoms with E-state index in [-0.39, 0.29) is 19.1 Å². The summed E-state index contributed by atoms with van der Waals surface area (Å²) in [5.74, 6) is -0.160. The lowest BCUT2D eigenvalue weighted by molar-refractivity contribution is -0.870. The van der Waals surface area contributed by atoms with Gasteiger partial charge in [0.15, 0.2) is 0 Å². The fourth-order valence-corrected chi connectivity index (χ4v) is 10.8. The smallest absolute Gasteiger partial charge is 0.268 e. The van der Waals surface area contributed by atoms with Gasteiger partial charge in [0.2, 0.25) is 5.91 Å². The van der Waals surface area contributed by atoms with Crippen molar-refractivity contribution >= 4 is 13.7 Å². The van der Waals surface area contributed by atoms with E-state index >= 15 is 0 Å². The van der Waals surface area contributed by atoms with Crippen LogP contribution in [-0.4, -0.2) is 68.5 Å². The highest BCUT2D eigenvalue weighted by molar-refractivity contribution is 7.45. The van der Waals surface area contributed by atoms with Crippen LogP contribution in [0.4, 0.5) is 0 Å². The lowest BCUT2D eigenvalue weighted by atomic mass is 10.0. The third kappa shape index (κ3) is 57.1. The number of hydrogen-bond donors (Lipinski definition) is 2. The number of hydrogen-bond acceptors (Lipinski definition) is 6. The number of nitrogens with one attached hydrogen (secondary N) is 1. The van der Waals surface area contributed by atoms with Crippen molar-refractivity contribution in [1.29, 1.82) is 0 Å². The fourth-order valence-electron chi connectivity index (χ4n) is 10.1. The summed E-state index contributed by atoms with van der Waals surface area (Å²) < 4.78 is 23.3. The number of carbonyl (C=O) groups is 1. The molecule has 8 nitrogen and oxygen atoms in total. The molecule has 0 aromatic heterocycles. The van der Waals surface area contributed by atoms with Crippen molar-refractivity contribution in [3.05, 3.63) is 0 Å². The van der Waals surface area contributed by atoms with Gasteiger partial charge in [0.05, 0.1) is 39.9 Å². The van der Waals surface area contributed by atoms with Crippen molar-refractivity contribution in [1.82, 2.24) is 5.32 Å². The van der Waals surface area contributed by atoms with Gasteiger partial charge in [-0.2, -0.15) is 0 Å². The second kappa shape index (κ2) is 54.3. The zero-order valence-corrected chi connectivity index (χ0v) is 49.6. The van der Waals surface area contributed by atoms with Crippen LogP contribution in [0, 0.1) is 0 Å². The summed E-state index contributed by atoms with van der Waals surface area (Å²) in [6.07, 6.45) is 66.5. The lowest BCUT2D eigenvalue weighted by Gasteiger charge is -2.30. The maximum atomic E-state index is 12.9. The second-order valence-corrected chi connectivity index (χ2v) is 24.9. The molecule has 3 atom stereocenters. The Morgan fingerprint density at radius 2 is 0.690 bits per heavy atom. The summed E-state index contributed by atoms with van der Waals surface area (Å²) in [6.45, 7) is 4.73. The Kier molecular flexibility index (Phi) is 53.9. The molecule has 0 radical (unpaired) electrons. The first kappa shape index (κ1) is 70.5. The van der Waals surface area contributed by atoms with Crippen molar-refractivity contribution in [2.45, 2.75) is 353 Å². The largest absolute Gasteiger partial charge is 0.756 e. The van der Waals surface area contributed by atoms with Gasteiger partial charge >= 0.3 is 0 Å². The normalized spacial score (nSPS) is 13.7. The maximum Gasteiger partial charge on any atom is 0.268 e. The minimum atomic E-state index is -4.56. The lowest BCUT2D eigenvalue weighted by Crippen LogP contribution is -2.46. The van der Waals surface area contributed by atoms with Gasteiger partial charge in [0.1, 0.15) is 13.2 Å². The molecule has 0 saturated carbocycles. The molecule has 0 aliphatic heterocycles. The number of amides is 1. The number of rotatable bonds is 60. The highest BCUT2D eigenvalue weighted by Gasteiger charge is 2.24. The first-order valence-electron chi connectivity index (χ1n) is 31.9. The molecule has 0 rings (SSSR count). The molecule has 0 aromatic carbocycles. The van der Waals surface area contributed by atoms with E-state index in [2.05, 4.69) is 19.2 Å². The number of nitrogens with zero attached hydrogens (tertiary/aromatic N) is 1. The molecule has 0 fully saturated rings. The van der Waals surface area contributed by atoms with E-state index in [0.29, 0.717) is 23.9 Å². The van der Waals surface area contributed by atoms with E-state index in [1.54, 1.807) is 0 Å². The van der Waals surface area contributed by atoms with Crippen molar-refractivity contribution in [2.24, 2.45) is 0 Å². The van der Waals surface area contributed by atoms with Crippen LogP contribution < -0.4 is 10.2 Å². The molecule has 2 N–H and O–H groups in total. The van der Waals surface area contributed by atoms with E-state index in [0.717, 1.165) is 38.5 Å². The van der Waals surface area contributed by atoms with Crippen molar-refractivity contribution < 1.29 is 32.9 Å². The Morgan fingerprint density at radius 3 is 0.958 bits per heavy atom. The Morgan fingerprint density at radius 1 is 0.437 bits per heavy atom. The third-order valence-corrected chi connectivity index (χ3v) is 16.1. The third-order valence-electron chi connectivity index (χ3n) is 15.1. The van der Waals surface area contributed by atoms with Crippen LogP contribution in [0.15, 0.2) is 0 Å². The Balaban J connectivity index is 3.66. The maximum absolute atomic E-state index is 12.9. The summed E-state index contributed by atoms with van der Waals surface area (Å²) >= 11 is 0. The van der Waals surface area contributed by atoms with E-state index < -0.39 is 20.0 Å². The minimum Gasteiger partial charge on any atom is -0.756 e. The summed E-state index contributed by atoms with van der Waals surface area (Å²) in [4.78, 5) is 25.4. The van der Waals surface area contributed by atoms with Gasteiger partial charge in [-0.1, -0.05) is 322 Å². The van der Waals surface area contributed by atoms with E-state index in [1.807, 2.05) is 21.1 Å². The zero-order valence-electron chi connectivity index (χ0n) is 48.7. The van der Waals surface area contributed by atoms with Gasteiger partial charge in [0.25, 0.3) is 7.82 Å². The van der Waals surface area contributed by atoms with Gasteiger partial charge in [-0.15, -0.1) is 0 Å². The van der Waals surface area contributed by atoms with Crippen LogP contribution in [0.2, 0.25) is 0 Å². The number of carbonyl (C=O) groups excluding carboxylic acids is 1. The predicted molar refractivity (Wildman–Crippen MR) is 307 cm³/mol. The van der Waals surface area contributed by atoms with Crippen LogP contribution in [0.5, 0.6) is 0 Å². The van der Waals surface area contributed by atoms with Crippen LogP contribution in [0.1, 0.15) is 341 Å². The van der Waals surface area contributed by atoms with E-state index in [1.165, 1.54) is 276 Å². The predicted octanol–water partition coefficient (Wildman–Crippen LogP) is 19.0. The number of phosphoric ester groups is 1. The highest BCUT2D eigenvalue weighted by Crippen LogP contribution is 2.38. The number of quaternary nitrogens is 1. The van der Waals surface area contributed by atoms with Gasteiger partial charge in [-0.3, -0.25) is 9.36 Å². The average molecular weight is 1030 g/mol. The highest BCUT2D eigenvalue weighted by atomic mass is 31.2. The van der Waals surface area contributed by atoms with Crippen LogP contribution in [0.3, 0.4) is 0 Å². The number of aliphatic hydroxyl groups excluding tert-OH is 1. The molecule has 3 unspecified atom stereocenters. The molecular formula is C62H127N2O6P. The molecule has 0 aromatic rings. The van der Waals surface area contributed by atoms with Gasteiger partial charge in [0, 0.05) is 6.42 Å². The first-order valence-corrected chi connectivity index (χ1v) is 33.3. The Labute approximate surface area is 444 Å². The van der Waals surface area contributed by atoms with Crippen molar-refractivity contribution in [3.8, 4) is 0 Å². The number of phosphoric acid groups is 1. The van der Waals surface area contributed by atoms with E-state index in [9.17, 15) is 19.4 Å². The monoisotopic (exact) mass is 1030 g/mol. The molecular weight excluding hydrogens is 900 g/mol. The fraction of sp³-hybridized carbons (Fsp3) is 0.984. The minimum absolute atomic E-state index is 0.0158.